The van der Waals surface area contributed by atoms with Gasteiger partial charge < -0.3 is 4.74 Å². The molecule has 2 saturated heterocycles. The van der Waals surface area contributed by atoms with Gasteiger partial charge >= 0.3 is 0 Å². The Bertz CT molecular complexity index is 525. The minimum absolute atomic E-state index is 0.0435. The zero-order valence-electron chi connectivity index (χ0n) is 9.51. The fraction of sp³-hybridized carbons (Fsp3) is 0.700. The Morgan fingerprint density at radius 3 is 2.88 bits per heavy atom. The van der Waals surface area contributed by atoms with Crippen molar-refractivity contribution in [1.29, 1.82) is 0 Å². The van der Waals surface area contributed by atoms with Crippen molar-refractivity contribution in [2.75, 3.05) is 0 Å². The second-order valence-corrected chi connectivity index (χ2v) is 6.38. The molecule has 1 aromatic heterocycles. The molecule has 3 unspecified atom stereocenters. The lowest BCUT2D eigenvalue weighted by Crippen LogP contribution is -2.41. The van der Waals surface area contributed by atoms with Crippen molar-refractivity contribution in [3.8, 4) is 0 Å². The highest BCUT2D eigenvalue weighted by molar-refractivity contribution is 7.89. The summed E-state index contributed by atoms with van der Waals surface area (Å²) in [6, 6.07) is -0.0898. The minimum Gasteiger partial charge on any atom is -0.373 e. The van der Waals surface area contributed by atoms with Gasteiger partial charge in [-0.25, -0.2) is 13.1 Å². The van der Waals surface area contributed by atoms with E-state index in [1.807, 2.05) is 0 Å². The molecule has 3 heterocycles. The zero-order chi connectivity index (χ0) is 12.0. The fourth-order valence-electron chi connectivity index (χ4n) is 2.64. The van der Waals surface area contributed by atoms with Gasteiger partial charge in [0.25, 0.3) is 0 Å². The van der Waals surface area contributed by atoms with Gasteiger partial charge in [0.1, 0.15) is 4.90 Å². The summed E-state index contributed by atoms with van der Waals surface area (Å²) in [5.41, 5.74) is 0.557. The van der Waals surface area contributed by atoms with Crippen LogP contribution < -0.4 is 4.72 Å². The van der Waals surface area contributed by atoms with Gasteiger partial charge in [-0.1, -0.05) is 0 Å². The molecule has 1 aromatic rings. The number of nitrogens with zero attached hydrogens (tertiary/aromatic N) is 1. The van der Waals surface area contributed by atoms with Gasteiger partial charge in [-0.05, 0) is 26.2 Å². The SMILES string of the molecule is Cc1[nH]ncc1S(=O)(=O)NC1CC2CCC1O2. The average molecular weight is 257 g/mol. The van der Waals surface area contributed by atoms with E-state index in [1.54, 1.807) is 6.92 Å². The fourth-order valence-corrected chi connectivity index (χ4v) is 4.05. The first-order valence-corrected chi connectivity index (χ1v) is 7.22. The largest absolute Gasteiger partial charge is 0.373 e. The molecule has 2 aliphatic rings. The van der Waals surface area contributed by atoms with Crippen LogP contribution in [-0.4, -0.2) is 36.9 Å². The monoisotopic (exact) mass is 257 g/mol. The molecular formula is C10H15N3O3S. The number of H-pyrrole nitrogens is 1. The summed E-state index contributed by atoms with van der Waals surface area (Å²) in [6.45, 7) is 1.69. The van der Waals surface area contributed by atoms with Crippen LogP contribution in [0, 0.1) is 6.92 Å². The summed E-state index contributed by atoms with van der Waals surface area (Å²) in [5, 5.41) is 6.37. The van der Waals surface area contributed by atoms with Gasteiger partial charge in [0, 0.05) is 0 Å². The highest BCUT2D eigenvalue weighted by Gasteiger charge is 2.42. The summed E-state index contributed by atoms with van der Waals surface area (Å²) in [6.07, 6.45) is 4.39. The van der Waals surface area contributed by atoms with Crippen LogP contribution in [0.25, 0.3) is 0 Å². The molecule has 2 N–H and O–H groups in total. The molecule has 0 aliphatic carbocycles. The molecule has 0 amide bonds. The quantitative estimate of drug-likeness (QED) is 0.816. The summed E-state index contributed by atoms with van der Waals surface area (Å²) in [7, 11) is -3.48. The van der Waals surface area contributed by atoms with Crippen LogP contribution in [0.15, 0.2) is 11.1 Å². The number of aromatic amines is 1. The molecule has 17 heavy (non-hydrogen) atoms. The third kappa shape index (κ3) is 1.88. The van der Waals surface area contributed by atoms with E-state index in [9.17, 15) is 8.42 Å². The number of ether oxygens (including phenoxy) is 1. The predicted octanol–water partition coefficient (Wildman–Crippen LogP) is 0.316. The number of aryl methyl sites for hydroxylation is 1. The van der Waals surface area contributed by atoms with E-state index in [0.717, 1.165) is 19.3 Å². The lowest BCUT2D eigenvalue weighted by Gasteiger charge is -2.19. The van der Waals surface area contributed by atoms with Crippen LogP contribution in [-0.2, 0) is 14.8 Å². The zero-order valence-corrected chi connectivity index (χ0v) is 10.3. The third-order valence-electron chi connectivity index (χ3n) is 3.49. The first kappa shape index (κ1) is 11.2. The van der Waals surface area contributed by atoms with E-state index in [2.05, 4.69) is 14.9 Å². The molecular weight excluding hydrogens is 242 g/mol. The topological polar surface area (TPSA) is 84.1 Å². The van der Waals surface area contributed by atoms with Gasteiger partial charge in [0.05, 0.1) is 30.1 Å². The molecule has 0 aromatic carbocycles. The third-order valence-corrected chi connectivity index (χ3v) is 5.09. The Labute approximate surface area is 99.8 Å². The maximum absolute atomic E-state index is 12.1. The Morgan fingerprint density at radius 1 is 1.53 bits per heavy atom. The molecule has 2 fully saturated rings. The van der Waals surface area contributed by atoms with Gasteiger partial charge in [-0.3, -0.25) is 5.10 Å². The van der Waals surface area contributed by atoms with E-state index in [-0.39, 0.29) is 23.1 Å². The van der Waals surface area contributed by atoms with Crippen LogP contribution in [0.4, 0.5) is 0 Å². The van der Waals surface area contributed by atoms with Crippen molar-refractivity contribution >= 4 is 10.0 Å². The molecule has 94 valence electrons. The van der Waals surface area contributed by atoms with Crippen molar-refractivity contribution < 1.29 is 13.2 Å². The van der Waals surface area contributed by atoms with Crippen LogP contribution >= 0.6 is 0 Å². The second-order valence-electron chi connectivity index (χ2n) is 4.70. The maximum atomic E-state index is 12.1. The number of hydrogen-bond donors (Lipinski definition) is 2. The van der Waals surface area contributed by atoms with E-state index in [0.29, 0.717) is 5.69 Å². The first-order valence-electron chi connectivity index (χ1n) is 5.74. The Hall–Kier alpha value is -0.920. The number of fused-ring (bicyclic) bond motifs is 2. The Kier molecular flexibility index (Phi) is 2.49. The summed E-state index contributed by atoms with van der Waals surface area (Å²) >= 11 is 0. The molecule has 7 heteroatoms. The lowest BCUT2D eigenvalue weighted by molar-refractivity contribution is 0.0996. The molecule has 3 atom stereocenters. The van der Waals surface area contributed by atoms with Crippen molar-refractivity contribution in [2.45, 2.75) is 49.3 Å². The molecule has 3 rings (SSSR count). The molecule has 0 saturated carbocycles. The van der Waals surface area contributed by atoms with E-state index in [1.165, 1.54) is 6.20 Å². The average Bonchev–Trinajstić information content (AvgIpc) is 2.92. The summed E-state index contributed by atoms with van der Waals surface area (Å²) in [5.74, 6) is 0. The first-order chi connectivity index (χ1) is 8.06. The van der Waals surface area contributed by atoms with Crippen LogP contribution in [0.2, 0.25) is 0 Å². The van der Waals surface area contributed by atoms with E-state index in [4.69, 9.17) is 4.74 Å². The Balaban J connectivity index is 1.79. The number of aromatic nitrogens is 2. The summed E-state index contributed by atoms with van der Waals surface area (Å²) in [4.78, 5) is 0.222. The van der Waals surface area contributed by atoms with Gasteiger partial charge in [-0.15, -0.1) is 0 Å². The van der Waals surface area contributed by atoms with Crippen molar-refractivity contribution in [3.05, 3.63) is 11.9 Å². The molecule has 0 radical (unpaired) electrons. The maximum Gasteiger partial charge on any atom is 0.244 e. The van der Waals surface area contributed by atoms with Gasteiger partial charge in [-0.2, -0.15) is 5.10 Å². The predicted molar refractivity (Wildman–Crippen MR) is 59.9 cm³/mol. The lowest BCUT2D eigenvalue weighted by atomic mass is 9.96. The van der Waals surface area contributed by atoms with Gasteiger partial charge in [0.2, 0.25) is 10.0 Å². The Morgan fingerprint density at radius 2 is 2.35 bits per heavy atom. The minimum atomic E-state index is -3.48. The molecule has 2 aliphatic heterocycles. The van der Waals surface area contributed by atoms with Crippen molar-refractivity contribution in [3.63, 3.8) is 0 Å². The van der Waals surface area contributed by atoms with Crippen molar-refractivity contribution in [1.82, 2.24) is 14.9 Å². The van der Waals surface area contributed by atoms with Crippen molar-refractivity contribution in [2.24, 2.45) is 0 Å². The van der Waals surface area contributed by atoms with E-state index < -0.39 is 10.0 Å². The standard InChI is InChI=1S/C10H15N3O3S/c1-6-10(5-11-12-6)17(14,15)13-8-4-7-2-3-9(8)16-7/h5,7-9,13H,2-4H2,1H3,(H,11,12). The van der Waals surface area contributed by atoms with Crippen LogP contribution in [0.5, 0.6) is 0 Å². The highest BCUT2D eigenvalue weighted by atomic mass is 32.2. The van der Waals surface area contributed by atoms with Gasteiger partial charge in [0.15, 0.2) is 0 Å². The van der Waals surface area contributed by atoms with Crippen LogP contribution in [0.3, 0.4) is 0 Å². The number of sulfonamides is 1. The smallest absolute Gasteiger partial charge is 0.244 e. The number of rotatable bonds is 3. The summed E-state index contributed by atoms with van der Waals surface area (Å²) < 4.78 is 32.6. The molecule has 2 bridgehead atoms. The second kappa shape index (κ2) is 3.79. The number of hydrogen-bond acceptors (Lipinski definition) is 4. The molecule has 6 nitrogen and oxygen atoms in total. The van der Waals surface area contributed by atoms with Crippen LogP contribution in [0.1, 0.15) is 25.0 Å². The number of nitrogens with one attached hydrogen (secondary N) is 2. The highest BCUT2D eigenvalue weighted by Crippen LogP contribution is 2.35. The molecule has 0 spiro atoms. The van der Waals surface area contributed by atoms with E-state index >= 15 is 0 Å². The normalized spacial score (nSPS) is 32.2.